The van der Waals surface area contributed by atoms with E-state index in [0.717, 1.165) is 108 Å². The molecular formula is C70H136O17P2. The summed E-state index contributed by atoms with van der Waals surface area (Å²) in [5.74, 6) is 0.0556. The van der Waals surface area contributed by atoms with Crippen molar-refractivity contribution in [3.8, 4) is 0 Å². The summed E-state index contributed by atoms with van der Waals surface area (Å²) in [4.78, 5) is 72.5. The highest BCUT2D eigenvalue weighted by atomic mass is 31.2. The fourth-order valence-corrected chi connectivity index (χ4v) is 12.1. The number of rotatable bonds is 68. The van der Waals surface area contributed by atoms with E-state index in [1.807, 2.05) is 0 Å². The van der Waals surface area contributed by atoms with Crippen molar-refractivity contribution in [2.75, 3.05) is 39.6 Å². The molecule has 0 bridgehead atoms. The molecule has 0 aliphatic carbocycles. The maximum Gasteiger partial charge on any atom is 0.472 e. The van der Waals surface area contributed by atoms with Crippen LogP contribution < -0.4 is 0 Å². The lowest BCUT2D eigenvalue weighted by atomic mass is 10.0. The van der Waals surface area contributed by atoms with E-state index in [9.17, 15) is 43.2 Å². The first-order valence-corrected chi connectivity index (χ1v) is 39.3. The molecular weight excluding hydrogens is 1170 g/mol. The number of hydrogen-bond acceptors (Lipinski definition) is 15. The molecule has 0 aromatic rings. The van der Waals surface area contributed by atoms with Gasteiger partial charge in [0.2, 0.25) is 0 Å². The number of unbranched alkanes of at least 4 members (excludes halogenated alkanes) is 36. The molecule has 0 fully saturated rings. The van der Waals surface area contributed by atoms with E-state index in [0.29, 0.717) is 31.6 Å². The third-order valence-corrected chi connectivity index (χ3v) is 18.0. The molecule has 0 saturated carbocycles. The number of phosphoric acid groups is 2. The summed E-state index contributed by atoms with van der Waals surface area (Å²) < 4.78 is 68.2. The SMILES string of the molecule is CCCCCCCCCCCCCCCC(=O)OC[C@H](COP(=O)(O)OC[C@@H](O)COP(=O)(O)OC[C@@H](COC(=O)CCCCCCCCC(C)C)OC(=O)CCCCCCCCCCC(C)C)OC(=O)CCCCCCCCCCCCCCCC(C)C. The average molecular weight is 1310 g/mol. The second-order valence-corrected chi connectivity index (χ2v) is 29.6. The molecule has 528 valence electrons. The Bertz CT molecular complexity index is 1750. The summed E-state index contributed by atoms with van der Waals surface area (Å²) in [6.45, 7) is 11.7. The summed E-state index contributed by atoms with van der Waals surface area (Å²) in [5.41, 5.74) is 0. The number of esters is 4. The molecule has 0 rings (SSSR count). The first-order chi connectivity index (χ1) is 42.7. The van der Waals surface area contributed by atoms with Crippen LogP contribution in [0.1, 0.15) is 350 Å². The number of ether oxygens (including phenoxy) is 4. The minimum atomic E-state index is -4.95. The molecule has 0 aliphatic rings. The zero-order valence-electron chi connectivity index (χ0n) is 57.9. The van der Waals surface area contributed by atoms with Crippen molar-refractivity contribution < 1.29 is 80.2 Å². The van der Waals surface area contributed by atoms with Gasteiger partial charge in [0.25, 0.3) is 0 Å². The lowest BCUT2D eigenvalue weighted by Crippen LogP contribution is -2.30. The van der Waals surface area contributed by atoms with E-state index < -0.39 is 97.5 Å². The normalized spacial score (nSPS) is 14.2. The van der Waals surface area contributed by atoms with Crippen molar-refractivity contribution in [1.29, 1.82) is 0 Å². The Morgan fingerprint density at radius 3 is 0.764 bits per heavy atom. The highest BCUT2D eigenvalue weighted by Gasteiger charge is 2.30. The van der Waals surface area contributed by atoms with Crippen LogP contribution in [0.25, 0.3) is 0 Å². The largest absolute Gasteiger partial charge is 0.472 e. The third-order valence-electron chi connectivity index (χ3n) is 16.1. The van der Waals surface area contributed by atoms with Crippen molar-refractivity contribution in [2.45, 2.75) is 369 Å². The Hall–Kier alpha value is -1.94. The summed E-state index contributed by atoms with van der Waals surface area (Å²) in [7, 11) is -9.90. The van der Waals surface area contributed by atoms with Gasteiger partial charge in [-0.3, -0.25) is 37.3 Å². The molecule has 3 N–H and O–H groups in total. The molecule has 2 unspecified atom stereocenters. The summed E-state index contributed by atoms with van der Waals surface area (Å²) in [5, 5.41) is 10.6. The van der Waals surface area contributed by atoms with Crippen LogP contribution >= 0.6 is 15.6 Å². The maximum absolute atomic E-state index is 13.0. The van der Waals surface area contributed by atoms with Gasteiger partial charge in [0.1, 0.15) is 19.3 Å². The smallest absolute Gasteiger partial charge is 0.462 e. The molecule has 0 heterocycles. The standard InChI is InChI=1S/C70H136O17P2/c1-8-9-10-11-12-13-14-16-20-23-29-37-44-51-67(72)80-57-65(86-69(74)53-46-39-30-24-21-18-15-17-19-22-27-34-41-48-61(2)3)59-84-88(76,77)82-55-64(71)56-83-89(78,79)85-60-66(58-81-68(73)52-45-38-33-32-36-43-50-63(6)7)87-70(75)54-47-40-31-26-25-28-35-42-49-62(4)5/h61-66,71H,8-60H2,1-7H3,(H,76,77)(H,78,79)/t64-,65-,66-/m1/s1. The fraction of sp³-hybridized carbons (Fsp3) is 0.943. The van der Waals surface area contributed by atoms with Gasteiger partial charge in [-0.25, -0.2) is 9.13 Å². The topological polar surface area (TPSA) is 237 Å². The van der Waals surface area contributed by atoms with Gasteiger partial charge in [0, 0.05) is 25.7 Å². The predicted octanol–water partition coefficient (Wildman–Crippen LogP) is 19.8. The van der Waals surface area contributed by atoms with E-state index in [-0.39, 0.29) is 25.7 Å². The minimum Gasteiger partial charge on any atom is -0.462 e. The van der Waals surface area contributed by atoms with Crippen molar-refractivity contribution >= 4 is 39.5 Å². The number of phosphoric ester groups is 2. The van der Waals surface area contributed by atoms with Gasteiger partial charge in [-0.15, -0.1) is 0 Å². The molecule has 0 radical (unpaired) electrons. The fourth-order valence-electron chi connectivity index (χ4n) is 10.5. The highest BCUT2D eigenvalue weighted by Crippen LogP contribution is 2.45. The number of carbonyl (C=O) groups is 4. The second kappa shape index (κ2) is 61.0. The van der Waals surface area contributed by atoms with Gasteiger partial charge in [0.15, 0.2) is 12.2 Å². The molecule has 0 amide bonds. The zero-order chi connectivity index (χ0) is 65.9. The van der Waals surface area contributed by atoms with Crippen LogP contribution in [0.4, 0.5) is 0 Å². The number of aliphatic hydroxyl groups excluding tert-OH is 1. The molecule has 0 spiro atoms. The van der Waals surface area contributed by atoms with E-state index in [2.05, 4.69) is 48.5 Å². The molecule has 89 heavy (non-hydrogen) atoms. The third kappa shape index (κ3) is 64.6. The van der Waals surface area contributed by atoms with Crippen LogP contribution in [0.5, 0.6) is 0 Å². The van der Waals surface area contributed by atoms with Crippen LogP contribution in [-0.2, 0) is 65.4 Å². The lowest BCUT2D eigenvalue weighted by Gasteiger charge is -2.21. The van der Waals surface area contributed by atoms with Gasteiger partial charge in [-0.2, -0.15) is 0 Å². The first-order valence-electron chi connectivity index (χ1n) is 36.3. The van der Waals surface area contributed by atoms with Crippen LogP contribution in [0.15, 0.2) is 0 Å². The van der Waals surface area contributed by atoms with Gasteiger partial charge < -0.3 is 33.8 Å². The van der Waals surface area contributed by atoms with Crippen molar-refractivity contribution in [2.24, 2.45) is 17.8 Å². The Kier molecular flexibility index (Phi) is 59.6. The maximum atomic E-state index is 13.0. The molecule has 0 aromatic carbocycles. The molecule has 0 saturated heterocycles. The summed E-state index contributed by atoms with van der Waals surface area (Å²) in [6, 6.07) is 0. The molecule has 5 atom stereocenters. The van der Waals surface area contributed by atoms with E-state index in [1.54, 1.807) is 0 Å². The monoisotopic (exact) mass is 1310 g/mol. The molecule has 0 aromatic heterocycles. The number of hydrogen-bond donors (Lipinski definition) is 3. The zero-order valence-corrected chi connectivity index (χ0v) is 59.7. The Morgan fingerprint density at radius 1 is 0.303 bits per heavy atom. The van der Waals surface area contributed by atoms with Crippen LogP contribution in [0.3, 0.4) is 0 Å². The average Bonchev–Trinajstić information content (AvgIpc) is 3.70. The molecule has 0 aliphatic heterocycles. The van der Waals surface area contributed by atoms with Crippen molar-refractivity contribution in [3.63, 3.8) is 0 Å². The van der Waals surface area contributed by atoms with Crippen LogP contribution in [0, 0.1) is 17.8 Å². The second-order valence-electron chi connectivity index (χ2n) is 26.7. The van der Waals surface area contributed by atoms with Gasteiger partial charge >= 0.3 is 39.5 Å². The highest BCUT2D eigenvalue weighted by molar-refractivity contribution is 7.47. The predicted molar refractivity (Wildman–Crippen MR) is 358 cm³/mol. The van der Waals surface area contributed by atoms with Crippen molar-refractivity contribution in [1.82, 2.24) is 0 Å². The minimum absolute atomic E-state index is 0.103. The number of carbonyl (C=O) groups excluding carboxylic acids is 4. The summed E-state index contributed by atoms with van der Waals surface area (Å²) in [6.07, 6.45) is 44.6. The first kappa shape index (κ1) is 87.1. The van der Waals surface area contributed by atoms with E-state index >= 15 is 0 Å². The van der Waals surface area contributed by atoms with Crippen molar-refractivity contribution in [3.05, 3.63) is 0 Å². The molecule has 19 heteroatoms. The molecule has 17 nitrogen and oxygen atoms in total. The lowest BCUT2D eigenvalue weighted by molar-refractivity contribution is -0.161. The van der Waals surface area contributed by atoms with Crippen LogP contribution in [-0.4, -0.2) is 96.7 Å². The Labute approximate surface area is 543 Å². The van der Waals surface area contributed by atoms with Gasteiger partial charge in [-0.05, 0) is 43.4 Å². The van der Waals surface area contributed by atoms with E-state index in [4.69, 9.17) is 37.0 Å². The Morgan fingerprint density at radius 2 is 0.517 bits per heavy atom. The van der Waals surface area contributed by atoms with Gasteiger partial charge in [0.05, 0.1) is 26.4 Å². The Balaban J connectivity index is 5.24. The van der Waals surface area contributed by atoms with E-state index in [1.165, 1.54) is 154 Å². The van der Waals surface area contributed by atoms with Crippen LogP contribution in [0.2, 0.25) is 0 Å². The summed E-state index contributed by atoms with van der Waals surface area (Å²) >= 11 is 0. The quantitative estimate of drug-likeness (QED) is 0.0222. The number of aliphatic hydroxyl groups is 1. The van der Waals surface area contributed by atoms with Gasteiger partial charge in [-0.1, -0.05) is 299 Å².